The van der Waals surface area contributed by atoms with Gasteiger partial charge in [0.2, 0.25) is 0 Å². The van der Waals surface area contributed by atoms with Crippen LogP contribution in [0.1, 0.15) is 13.8 Å². The Balaban J connectivity index is 0. The van der Waals surface area contributed by atoms with Crippen LogP contribution < -0.4 is 0 Å². The minimum absolute atomic E-state index is 0. The SMILES string of the molecule is [CH2-]C(C)=C([CH2-])C.[Y]. The summed E-state index contributed by atoms with van der Waals surface area (Å²) >= 11 is 0. The molecule has 0 aromatic rings. The zero-order chi connectivity index (χ0) is 5.15. The summed E-state index contributed by atoms with van der Waals surface area (Å²) in [5, 5.41) is 0. The molecular weight excluding hydrogens is 161 g/mol. The van der Waals surface area contributed by atoms with E-state index in [1.807, 2.05) is 13.8 Å². The van der Waals surface area contributed by atoms with E-state index >= 15 is 0 Å². The Kier molecular flexibility index (Phi) is 7.13. The van der Waals surface area contributed by atoms with Crippen LogP contribution in [0.15, 0.2) is 11.1 Å². The van der Waals surface area contributed by atoms with Gasteiger partial charge in [-0.2, -0.15) is 0 Å². The van der Waals surface area contributed by atoms with Crippen molar-refractivity contribution in [3.63, 3.8) is 0 Å². The van der Waals surface area contributed by atoms with Gasteiger partial charge in [0, 0.05) is 32.7 Å². The summed E-state index contributed by atoms with van der Waals surface area (Å²) in [6.07, 6.45) is 0. The molecule has 0 unspecified atom stereocenters. The summed E-state index contributed by atoms with van der Waals surface area (Å²) in [5.41, 5.74) is 2.13. The first-order chi connectivity index (χ1) is 2.64. The third-order valence-corrected chi connectivity index (χ3v) is 0.729. The first-order valence-electron chi connectivity index (χ1n) is 1.96. The largest absolute Gasteiger partial charge is 0.367 e. The van der Waals surface area contributed by atoms with Gasteiger partial charge in [-0.15, -0.1) is 13.8 Å². The van der Waals surface area contributed by atoms with Gasteiger partial charge < -0.3 is 25.0 Å². The van der Waals surface area contributed by atoms with Crippen molar-refractivity contribution in [1.82, 2.24) is 0 Å². The van der Waals surface area contributed by atoms with E-state index in [0.717, 1.165) is 11.1 Å². The van der Waals surface area contributed by atoms with Crippen molar-refractivity contribution >= 4 is 0 Å². The van der Waals surface area contributed by atoms with Gasteiger partial charge in [-0.25, -0.2) is 0 Å². The van der Waals surface area contributed by atoms with E-state index < -0.39 is 0 Å². The fraction of sp³-hybridized carbons (Fsp3) is 0.333. The second-order valence-corrected chi connectivity index (χ2v) is 1.56. The van der Waals surface area contributed by atoms with E-state index in [0.29, 0.717) is 0 Å². The van der Waals surface area contributed by atoms with Gasteiger partial charge in [-0.05, 0) is 0 Å². The van der Waals surface area contributed by atoms with E-state index in [2.05, 4.69) is 13.8 Å². The molecule has 0 saturated carbocycles. The fourth-order valence-corrected chi connectivity index (χ4v) is 0. The maximum Gasteiger partial charge on any atom is 0 e. The minimum Gasteiger partial charge on any atom is -0.367 e. The van der Waals surface area contributed by atoms with Crippen LogP contribution in [0.3, 0.4) is 0 Å². The summed E-state index contributed by atoms with van der Waals surface area (Å²) in [6, 6.07) is 0. The Morgan fingerprint density at radius 1 is 1.00 bits per heavy atom. The molecule has 0 spiro atoms. The van der Waals surface area contributed by atoms with Crippen molar-refractivity contribution in [3.05, 3.63) is 25.0 Å². The van der Waals surface area contributed by atoms with Gasteiger partial charge in [0.1, 0.15) is 0 Å². The average Bonchev–Trinajstić information content (AvgIpc) is 1.36. The summed E-state index contributed by atoms with van der Waals surface area (Å²) in [7, 11) is 0. The van der Waals surface area contributed by atoms with Crippen molar-refractivity contribution in [2.24, 2.45) is 0 Å². The number of allylic oxidation sites excluding steroid dienone is 2. The first kappa shape index (κ1) is 10.5. The Labute approximate surface area is 71.3 Å². The standard InChI is InChI=1S/C6H10.Y/c1-5(2)6(3)4;/h1,3H2,2,4H3;/q-2;. The molecule has 39 valence electrons. The van der Waals surface area contributed by atoms with Crippen molar-refractivity contribution in [3.8, 4) is 0 Å². The molecule has 0 saturated heterocycles. The van der Waals surface area contributed by atoms with E-state index in [-0.39, 0.29) is 32.7 Å². The molecule has 0 aliphatic heterocycles. The molecule has 0 nitrogen and oxygen atoms in total. The molecule has 0 atom stereocenters. The number of hydrogen-bond donors (Lipinski definition) is 0. The topological polar surface area (TPSA) is 0 Å². The van der Waals surface area contributed by atoms with Gasteiger partial charge in [0.05, 0.1) is 0 Å². The predicted octanol–water partition coefficient (Wildman–Crippen LogP) is 1.99. The second kappa shape index (κ2) is 4.74. The van der Waals surface area contributed by atoms with Crippen LogP contribution in [0, 0.1) is 13.8 Å². The smallest absolute Gasteiger partial charge is 0 e. The van der Waals surface area contributed by atoms with Crippen LogP contribution in [0.2, 0.25) is 0 Å². The monoisotopic (exact) mass is 171 g/mol. The number of rotatable bonds is 0. The van der Waals surface area contributed by atoms with Gasteiger partial charge >= 0.3 is 0 Å². The molecule has 0 aromatic heterocycles. The van der Waals surface area contributed by atoms with Crippen LogP contribution in [-0.4, -0.2) is 0 Å². The van der Waals surface area contributed by atoms with Gasteiger partial charge in [0.25, 0.3) is 0 Å². The van der Waals surface area contributed by atoms with Crippen molar-refractivity contribution in [2.75, 3.05) is 0 Å². The van der Waals surface area contributed by atoms with Gasteiger partial charge in [0.15, 0.2) is 0 Å². The third kappa shape index (κ3) is 6.58. The second-order valence-electron chi connectivity index (χ2n) is 1.56. The molecule has 1 radical (unpaired) electrons. The molecular formula is C6H10Y-2. The maximum atomic E-state index is 3.66. The van der Waals surface area contributed by atoms with E-state index in [1.165, 1.54) is 0 Å². The Morgan fingerprint density at radius 3 is 1.14 bits per heavy atom. The predicted molar refractivity (Wildman–Crippen MR) is 29.1 cm³/mol. The summed E-state index contributed by atoms with van der Waals surface area (Å²) < 4.78 is 0. The Morgan fingerprint density at radius 2 is 1.14 bits per heavy atom. The molecule has 0 aromatic carbocycles. The van der Waals surface area contributed by atoms with Crippen molar-refractivity contribution in [1.29, 1.82) is 0 Å². The normalized spacial score (nSPS) is 11.7. The minimum atomic E-state index is 0. The molecule has 1 heteroatoms. The summed E-state index contributed by atoms with van der Waals surface area (Å²) in [5.74, 6) is 0. The average molecular weight is 171 g/mol. The third-order valence-electron chi connectivity index (χ3n) is 0.729. The van der Waals surface area contributed by atoms with E-state index in [9.17, 15) is 0 Å². The summed E-state index contributed by atoms with van der Waals surface area (Å²) in [6.45, 7) is 11.2. The molecule has 0 fully saturated rings. The van der Waals surface area contributed by atoms with Crippen LogP contribution in [0.5, 0.6) is 0 Å². The van der Waals surface area contributed by atoms with E-state index in [1.54, 1.807) is 0 Å². The van der Waals surface area contributed by atoms with Crippen LogP contribution in [0.4, 0.5) is 0 Å². The Hall–Kier alpha value is 0.584. The molecule has 0 heterocycles. The Bertz CT molecular complexity index is 54.2. The van der Waals surface area contributed by atoms with Crippen LogP contribution in [0.25, 0.3) is 0 Å². The zero-order valence-electron chi connectivity index (χ0n) is 4.99. The van der Waals surface area contributed by atoms with Crippen LogP contribution >= 0.6 is 0 Å². The molecule has 0 amide bonds. The molecule has 0 N–H and O–H groups in total. The van der Waals surface area contributed by atoms with Crippen LogP contribution in [-0.2, 0) is 32.7 Å². The van der Waals surface area contributed by atoms with E-state index in [4.69, 9.17) is 0 Å². The first-order valence-corrected chi connectivity index (χ1v) is 1.96. The van der Waals surface area contributed by atoms with Gasteiger partial charge in [-0.3, -0.25) is 0 Å². The quantitative estimate of drug-likeness (QED) is 0.489. The molecule has 7 heavy (non-hydrogen) atoms. The summed E-state index contributed by atoms with van der Waals surface area (Å²) in [4.78, 5) is 0. The molecule has 0 aliphatic carbocycles. The molecule has 0 bridgehead atoms. The fourth-order valence-electron chi connectivity index (χ4n) is 0. The molecule has 0 rings (SSSR count). The van der Waals surface area contributed by atoms with Gasteiger partial charge in [-0.1, -0.05) is 0 Å². The zero-order valence-corrected chi connectivity index (χ0v) is 7.83. The number of hydrogen-bond acceptors (Lipinski definition) is 0. The van der Waals surface area contributed by atoms with Crippen molar-refractivity contribution < 1.29 is 32.7 Å². The van der Waals surface area contributed by atoms with Crippen molar-refractivity contribution in [2.45, 2.75) is 13.8 Å². The molecule has 0 aliphatic rings. The maximum absolute atomic E-state index is 3.66.